The maximum absolute atomic E-state index is 11.6. The Hall–Kier alpha value is -1.55. The molecule has 0 spiro atoms. The Labute approximate surface area is 114 Å². The first-order valence-corrected chi connectivity index (χ1v) is 6.88. The lowest BCUT2D eigenvalue weighted by molar-refractivity contribution is -0.123. The van der Waals surface area contributed by atoms with Crippen molar-refractivity contribution in [3.63, 3.8) is 0 Å². The van der Waals surface area contributed by atoms with Crippen molar-refractivity contribution in [2.45, 2.75) is 26.2 Å². The number of carbonyl (C=O) groups is 1. The third-order valence-electron chi connectivity index (χ3n) is 3.27. The van der Waals surface area contributed by atoms with Crippen LogP contribution in [-0.2, 0) is 11.2 Å². The van der Waals surface area contributed by atoms with Crippen LogP contribution in [0.2, 0.25) is 0 Å². The van der Waals surface area contributed by atoms with E-state index >= 15 is 0 Å². The number of amides is 1. The van der Waals surface area contributed by atoms with E-state index in [0.29, 0.717) is 12.5 Å². The number of nitrogens with one attached hydrogen (secondary N) is 1. The molecule has 0 saturated heterocycles. The fraction of sp³-hybridized carbons (Fsp3) is 0.533. The molecule has 104 valence electrons. The molecule has 1 aliphatic carbocycles. The SMILES string of the molecule is Cc1ccc(OCC(=O)NCC2CC2)c(CCN)c1. The van der Waals surface area contributed by atoms with Crippen LogP contribution in [0.1, 0.15) is 24.0 Å². The zero-order valence-corrected chi connectivity index (χ0v) is 11.4. The Kier molecular flexibility index (Phi) is 4.80. The van der Waals surface area contributed by atoms with E-state index in [-0.39, 0.29) is 12.5 Å². The fourth-order valence-electron chi connectivity index (χ4n) is 1.97. The minimum atomic E-state index is -0.0498. The topological polar surface area (TPSA) is 64.3 Å². The fourth-order valence-corrected chi connectivity index (χ4v) is 1.97. The molecular weight excluding hydrogens is 240 g/mol. The minimum absolute atomic E-state index is 0.0498. The maximum atomic E-state index is 11.6. The monoisotopic (exact) mass is 262 g/mol. The number of carbonyl (C=O) groups excluding carboxylic acids is 1. The molecule has 1 aromatic carbocycles. The lowest BCUT2D eigenvalue weighted by atomic mass is 10.1. The van der Waals surface area contributed by atoms with Gasteiger partial charge in [-0.2, -0.15) is 0 Å². The van der Waals surface area contributed by atoms with E-state index in [4.69, 9.17) is 10.5 Å². The van der Waals surface area contributed by atoms with Gasteiger partial charge in [0.15, 0.2) is 6.61 Å². The number of hydrogen-bond donors (Lipinski definition) is 2. The average Bonchev–Trinajstić information content (AvgIpc) is 3.20. The van der Waals surface area contributed by atoms with Crippen LogP contribution in [0.3, 0.4) is 0 Å². The quantitative estimate of drug-likeness (QED) is 0.780. The van der Waals surface area contributed by atoms with Crippen molar-refractivity contribution in [1.82, 2.24) is 5.32 Å². The minimum Gasteiger partial charge on any atom is -0.483 e. The van der Waals surface area contributed by atoms with Gasteiger partial charge in [-0.05, 0) is 50.3 Å². The molecule has 19 heavy (non-hydrogen) atoms. The van der Waals surface area contributed by atoms with Gasteiger partial charge in [0.25, 0.3) is 5.91 Å². The van der Waals surface area contributed by atoms with E-state index in [9.17, 15) is 4.79 Å². The lowest BCUT2D eigenvalue weighted by Gasteiger charge is -2.12. The summed E-state index contributed by atoms with van der Waals surface area (Å²) in [5, 5.41) is 2.89. The van der Waals surface area contributed by atoms with Gasteiger partial charge in [-0.3, -0.25) is 4.79 Å². The molecule has 2 rings (SSSR count). The van der Waals surface area contributed by atoms with Crippen molar-refractivity contribution < 1.29 is 9.53 Å². The van der Waals surface area contributed by atoms with Crippen LogP contribution >= 0.6 is 0 Å². The van der Waals surface area contributed by atoms with E-state index in [2.05, 4.69) is 11.4 Å². The van der Waals surface area contributed by atoms with Crippen LogP contribution in [0.4, 0.5) is 0 Å². The van der Waals surface area contributed by atoms with E-state index in [0.717, 1.165) is 24.3 Å². The van der Waals surface area contributed by atoms with Gasteiger partial charge in [-0.1, -0.05) is 17.7 Å². The summed E-state index contributed by atoms with van der Waals surface area (Å²) >= 11 is 0. The van der Waals surface area contributed by atoms with Gasteiger partial charge in [0.2, 0.25) is 0 Å². The third kappa shape index (κ3) is 4.56. The second-order valence-corrected chi connectivity index (χ2v) is 5.19. The predicted octanol–water partition coefficient (Wildman–Crippen LogP) is 1.40. The third-order valence-corrected chi connectivity index (χ3v) is 3.27. The van der Waals surface area contributed by atoms with Crippen molar-refractivity contribution >= 4 is 5.91 Å². The summed E-state index contributed by atoms with van der Waals surface area (Å²) < 4.78 is 5.59. The maximum Gasteiger partial charge on any atom is 0.257 e. The van der Waals surface area contributed by atoms with Gasteiger partial charge in [-0.25, -0.2) is 0 Å². The lowest BCUT2D eigenvalue weighted by Crippen LogP contribution is -2.30. The summed E-state index contributed by atoms with van der Waals surface area (Å²) in [6.45, 7) is 3.47. The molecule has 0 radical (unpaired) electrons. The van der Waals surface area contributed by atoms with Crippen molar-refractivity contribution in [3.05, 3.63) is 29.3 Å². The van der Waals surface area contributed by atoms with Gasteiger partial charge >= 0.3 is 0 Å². The first kappa shape index (κ1) is 13.9. The van der Waals surface area contributed by atoms with E-state index < -0.39 is 0 Å². The molecule has 1 amide bonds. The largest absolute Gasteiger partial charge is 0.483 e. The molecule has 1 aliphatic rings. The Bertz CT molecular complexity index is 442. The van der Waals surface area contributed by atoms with Crippen molar-refractivity contribution in [2.24, 2.45) is 11.7 Å². The summed E-state index contributed by atoms with van der Waals surface area (Å²) in [4.78, 5) is 11.6. The van der Waals surface area contributed by atoms with E-state index in [1.54, 1.807) is 0 Å². The Balaban J connectivity index is 1.84. The molecule has 0 unspecified atom stereocenters. The molecule has 4 nitrogen and oxygen atoms in total. The van der Waals surface area contributed by atoms with Crippen LogP contribution in [0.25, 0.3) is 0 Å². The highest BCUT2D eigenvalue weighted by molar-refractivity contribution is 5.77. The second-order valence-electron chi connectivity index (χ2n) is 5.19. The first-order chi connectivity index (χ1) is 9.19. The summed E-state index contributed by atoms with van der Waals surface area (Å²) in [7, 11) is 0. The molecule has 1 aromatic rings. The average molecular weight is 262 g/mol. The zero-order valence-electron chi connectivity index (χ0n) is 11.4. The highest BCUT2D eigenvalue weighted by atomic mass is 16.5. The van der Waals surface area contributed by atoms with Gasteiger partial charge in [0, 0.05) is 6.54 Å². The van der Waals surface area contributed by atoms with Crippen LogP contribution < -0.4 is 15.8 Å². The number of ether oxygens (including phenoxy) is 1. The molecule has 3 N–H and O–H groups in total. The van der Waals surface area contributed by atoms with Crippen LogP contribution in [-0.4, -0.2) is 25.6 Å². The highest BCUT2D eigenvalue weighted by Gasteiger charge is 2.21. The number of hydrogen-bond acceptors (Lipinski definition) is 3. The van der Waals surface area contributed by atoms with Gasteiger partial charge < -0.3 is 15.8 Å². The second kappa shape index (κ2) is 6.57. The van der Waals surface area contributed by atoms with E-state index in [1.807, 2.05) is 19.1 Å². The van der Waals surface area contributed by atoms with Crippen LogP contribution in [0, 0.1) is 12.8 Å². The highest BCUT2D eigenvalue weighted by Crippen LogP contribution is 2.27. The molecule has 1 saturated carbocycles. The summed E-state index contributed by atoms with van der Waals surface area (Å²) in [6.07, 6.45) is 3.24. The Morgan fingerprint density at radius 3 is 2.95 bits per heavy atom. The van der Waals surface area contributed by atoms with Gasteiger partial charge in [-0.15, -0.1) is 0 Å². The number of rotatable bonds is 7. The van der Waals surface area contributed by atoms with Gasteiger partial charge in [0.05, 0.1) is 0 Å². The number of nitrogens with two attached hydrogens (primary N) is 1. The van der Waals surface area contributed by atoms with Gasteiger partial charge in [0.1, 0.15) is 5.75 Å². The van der Waals surface area contributed by atoms with Crippen molar-refractivity contribution in [2.75, 3.05) is 19.7 Å². The Morgan fingerprint density at radius 2 is 2.26 bits per heavy atom. The van der Waals surface area contributed by atoms with Crippen LogP contribution in [0.15, 0.2) is 18.2 Å². The molecule has 0 aliphatic heterocycles. The molecule has 1 fully saturated rings. The normalized spacial score (nSPS) is 14.2. The number of benzene rings is 1. The summed E-state index contributed by atoms with van der Waals surface area (Å²) in [5.41, 5.74) is 7.83. The first-order valence-electron chi connectivity index (χ1n) is 6.88. The Morgan fingerprint density at radius 1 is 1.47 bits per heavy atom. The summed E-state index contributed by atoms with van der Waals surface area (Å²) in [6, 6.07) is 5.95. The van der Waals surface area contributed by atoms with Crippen molar-refractivity contribution in [1.29, 1.82) is 0 Å². The standard InChI is InChI=1S/C15H22N2O2/c1-11-2-5-14(13(8-11)6-7-16)19-10-15(18)17-9-12-3-4-12/h2,5,8,12H,3-4,6-7,9-10,16H2,1H3,(H,17,18). The molecular formula is C15H22N2O2. The smallest absolute Gasteiger partial charge is 0.257 e. The molecule has 0 heterocycles. The van der Waals surface area contributed by atoms with Crippen LogP contribution in [0.5, 0.6) is 5.75 Å². The number of aryl methyl sites for hydroxylation is 1. The molecule has 0 atom stereocenters. The molecule has 0 aromatic heterocycles. The van der Waals surface area contributed by atoms with E-state index in [1.165, 1.54) is 18.4 Å². The molecule has 4 heteroatoms. The summed E-state index contributed by atoms with van der Waals surface area (Å²) in [5.74, 6) is 1.40. The predicted molar refractivity (Wildman–Crippen MR) is 75.2 cm³/mol. The van der Waals surface area contributed by atoms with Crippen molar-refractivity contribution in [3.8, 4) is 5.75 Å². The zero-order chi connectivity index (χ0) is 13.7. The molecule has 0 bridgehead atoms.